The van der Waals surface area contributed by atoms with E-state index >= 15 is 0 Å². The van der Waals surface area contributed by atoms with Crippen LogP contribution in [0.5, 0.6) is 5.75 Å². The van der Waals surface area contributed by atoms with Gasteiger partial charge < -0.3 is 19.3 Å². The van der Waals surface area contributed by atoms with E-state index in [0.29, 0.717) is 18.7 Å². The van der Waals surface area contributed by atoms with Crippen LogP contribution in [0.4, 0.5) is 0 Å². The minimum atomic E-state index is -0.230. The van der Waals surface area contributed by atoms with Crippen molar-refractivity contribution >= 4 is 5.91 Å². The maximum Gasteiger partial charge on any atom is 0.261 e. The number of aryl methyl sites for hydroxylation is 2. The van der Waals surface area contributed by atoms with Gasteiger partial charge in [0.1, 0.15) is 5.75 Å². The number of carbonyl (C=O) groups is 1. The number of aromatic nitrogens is 2. The van der Waals surface area contributed by atoms with Gasteiger partial charge in [0.25, 0.3) is 5.91 Å². The Morgan fingerprint density at radius 1 is 1.39 bits per heavy atom. The van der Waals surface area contributed by atoms with Crippen molar-refractivity contribution in [2.24, 2.45) is 7.05 Å². The van der Waals surface area contributed by atoms with E-state index in [1.54, 1.807) is 11.2 Å². The highest BCUT2D eigenvalue weighted by atomic mass is 16.5. The summed E-state index contributed by atoms with van der Waals surface area (Å²) in [7, 11) is 1.93. The number of aliphatic hydroxyl groups excluding tert-OH is 1. The highest BCUT2D eigenvalue weighted by Crippen LogP contribution is 2.22. The number of hydrogen-bond donors (Lipinski definition) is 1. The van der Waals surface area contributed by atoms with Crippen LogP contribution < -0.4 is 4.74 Å². The molecule has 0 saturated carbocycles. The Bertz CT molecular complexity index is 694. The summed E-state index contributed by atoms with van der Waals surface area (Å²) in [6.07, 6.45) is 2.36. The lowest BCUT2D eigenvalue weighted by molar-refractivity contribution is -0.138. The summed E-state index contributed by atoms with van der Waals surface area (Å²) >= 11 is 0. The molecule has 2 aromatic rings. The molecular weight excluding hydrogens is 294 g/mol. The van der Waals surface area contributed by atoms with Crippen molar-refractivity contribution < 1.29 is 14.6 Å². The normalized spacial score (nSPS) is 17.0. The van der Waals surface area contributed by atoms with Crippen LogP contribution in [-0.2, 0) is 24.8 Å². The first-order valence-electron chi connectivity index (χ1n) is 7.67. The molecule has 1 N–H and O–H groups in total. The van der Waals surface area contributed by atoms with Gasteiger partial charge in [0, 0.05) is 19.2 Å². The van der Waals surface area contributed by atoms with Gasteiger partial charge in [-0.05, 0) is 19.1 Å². The van der Waals surface area contributed by atoms with Crippen molar-refractivity contribution in [2.75, 3.05) is 13.2 Å². The van der Waals surface area contributed by atoms with E-state index < -0.39 is 0 Å². The standard InChI is InChI=1S/C17H21N3O3/c1-12-3-5-14(6-4-12)23-10-17(22)20-8-15-16(7-13(20)9-21)19(2)11-18-15/h3-6,11,13,21H,7-10H2,1-2H3. The molecule has 1 atom stereocenters. The number of rotatable bonds is 4. The Hall–Kier alpha value is -2.34. The van der Waals surface area contributed by atoms with E-state index in [1.165, 1.54) is 0 Å². The Morgan fingerprint density at radius 3 is 2.83 bits per heavy atom. The minimum Gasteiger partial charge on any atom is -0.484 e. The van der Waals surface area contributed by atoms with Crippen LogP contribution in [0.25, 0.3) is 0 Å². The molecule has 1 aliphatic rings. The second-order valence-corrected chi connectivity index (χ2v) is 5.91. The number of hydrogen-bond acceptors (Lipinski definition) is 4. The van der Waals surface area contributed by atoms with E-state index in [9.17, 15) is 9.90 Å². The largest absolute Gasteiger partial charge is 0.484 e. The lowest BCUT2D eigenvalue weighted by Crippen LogP contribution is -2.48. The fourth-order valence-corrected chi connectivity index (χ4v) is 2.84. The first kappa shape index (κ1) is 15.6. The van der Waals surface area contributed by atoms with E-state index in [4.69, 9.17) is 4.74 Å². The molecule has 1 unspecified atom stereocenters. The minimum absolute atomic E-state index is 0.0400. The quantitative estimate of drug-likeness (QED) is 0.916. The number of imidazole rings is 1. The molecule has 122 valence electrons. The third kappa shape index (κ3) is 3.22. The molecule has 0 saturated heterocycles. The number of carbonyl (C=O) groups excluding carboxylic acids is 1. The van der Waals surface area contributed by atoms with Gasteiger partial charge in [0.15, 0.2) is 6.61 Å². The SMILES string of the molecule is Cc1ccc(OCC(=O)N2Cc3ncn(C)c3CC2CO)cc1. The van der Waals surface area contributed by atoms with Crippen molar-refractivity contribution in [3.8, 4) is 5.75 Å². The van der Waals surface area contributed by atoms with Crippen LogP contribution in [0.1, 0.15) is 17.0 Å². The third-order valence-corrected chi connectivity index (χ3v) is 4.25. The second-order valence-electron chi connectivity index (χ2n) is 5.91. The number of ether oxygens (including phenoxy) is 1. The molecule has 0 spiro atoms. The summed E-state index contributed by atoms with van der Waals surface area (Å²) in [5.41, 5.74) is 3.11. The van der Waals surface area contributed by atoms with Crippen LogP contribution in [0, 0.1) is 6.92 Å². The van der Waals surface area contributed by atoms with Crippen LogP contribution >= 0.6 is 0 Å². The molecule has 0 aliphatic carbocycles. The molecule has 1 aromatic carbocycles. The van der Waals surface area contributed by atoms with Gasteiger partial charge in [-0.2, -0.15) is 0 Å². The monoisotopic (exact) mass is 315 g/mol. The van der Waals surface area contributed by atoms with Crippen molar-refractivity contribution in [1.29, 1.82) is 0 Å². The van der Waals surface area contributed by atoms with Gasteiger partial charge in [-0.15, -0.1) is 0 Å². The van der Waals surface area contributed by atoms with Crippen LogP contribution in [0.2, 0.25) is 0 Å². The fourth-order valence-electron chi connectivity index (χ4n) is 2.84. The zero-order chi connectivity index (χ0) is 16.4. The Morgan fingerprint density at radius 2 is 2.13 bits per heavy atom. The molecule has 23 heavy (non-hydrogen) atoms. The highest BCUT2D eigenvalue weighted by molar-refractivity contribution is 5.78. The number of aliphatic hydroxyl groups is 1. The molecule has 3 rings (SSSR count). The second kappa shape index (κ2) is 6.42. The summed E-state index contributed by atoms with van der Waals surface area (Å²) in [5.74, 6) is 0.529. The Kier molecular flexibility index (Phi) is 4.34. The molecule has 1 aliphatic heterocycles. The van der Waals surface area contributed by atoms with E-state index in [1.807, 2.05) is 42.8 Å². The lowest BCUT2D eigenvalue weighted by atomic mass is 10.0. The van der Waals surface area contributed by atoms with Gasteiger partial charge in [-0.3, -0.25) is 4.79 Å². The molecule has 1 aromatic heterocycles. The summed E-state index contributed by atoms with van der Waals surface area (Å²) in [5, 5.41) is 9.62. The van der Waals surface area contributed by atoms with Crippen LogP contribution in [-0.4, -0.2) is 44.7 Å². The summed E-state index contributed by atoms with van der Waals surface area (Å²) in [6, 6.07) is 7.35. The first-order chi connectivity index (χ1) is 11.1. The molecule has 0 bridgehead atoms. The molecule has 6 heteroatoms. The molecule has 1 amide bonds. The third-order valence-electron chi connectivity index (χ3n) is 4.25. The Labute approximate surface area is 135 Å². The molecular formula is C17H21N3O3. The summed E-state index contributed by atoms with van der Waals surface area (Å²) in [6.45, 7) is 2.30. The first-order valence-corrected chi connectivity index (χ1v) is 7.67. The van der Waals surface area contributed by atoms with Gasteiger partial charge in [-0.1, -0.05) is 17.7 Å². The van der Waals surface area contributed by atoms with Crippen LogP contribution in [0.3, 0.4) is 0 Å². The topological polar surface area (TPSA) is 67.6 Å². The zero-order valence-electron chi connectivity index (χ0n) is 13.4. The fraction of sp³-hybridized carbons (Fsp3) is 0.412. The molecule has 2 heterocycles. The van der Waals surface area contributed by atoms with Gasteiger partial charge in [0.2, 0.25) is 0 Å². The summed E-state index contributed by atoms with van der Waals surface area (Å²) < 4.78 is 7.51. The molecule has 6 nitrogen and oxygen atoms in total. The van der Waals surface area contributed by atoms with Crippen molar-refractivity contribution in [2.45, 2.75) is 25.9 Å². The van der Waals surface area contributed by atoms with E-state index in [0.717, 1.165) is 17.0 Å². The van der Waals surface area contributed by atoms with E-state index in [2.05, 4.69) is 4.98 Å². The van der Waals surface area contributed by atoms with Gasteiger partial charge >= 0.3 is 0 Å². The molecule has 0 radical (unpaired) electrons. The Balaban J connectivity index is 1.67. The smallest absolute Gasteiger partial charge is 0.261 e. The summed E-state index contributed by atoms with van der Waals surface area (Å²) in [4.78, 5) is 18.5. The predicted molar refractivity (Wildman–Crippen MR) is 85.0 cm³/mol. The average molecular weight is 315 g/mol. The van der Waals surface area contributed by atoms with Gasteiger partial charge in [0.05, 0.1) is 31.2 Å². The number of nitrogens with zero attached hydrogens (tertiary/aromatic N) is 3. The number of amides is 1. The molecule has 0 fully saturated rings. The predicted octanol–water partition coefficient (Wildman–Crippen LogP) is 1.05. The maximum atomic E-state index is 12.5. The lowest BCUT2D eigenvalue weighted by Gasteiger charge is -2.34. The zero-order valence-corrected chi connectivity index (χ0v) is 13.4. The van der Waals surface area contributed by atoms with Crippen molar-refractivity contribution in [3.05, 3.63) is 47.5 Å². The van der Waals surface area contributed by atoms with Crippen molar-refractivity contribution in [1.82, 2.24) is 14.5 Å². The highest BCUT2D eigenvalue weighted by Gasteiger charge is 2.31. The van der Waals surface area contributed by atoms with Gasteiger partial charge in [-0.25, -0.2) is 4.98 Å². The van der Waals surface area contributed by atoms with Crippen LogP contribution in [0.15, 0.2) is 30.6 Å². The van der Waals surface area contributed by atoms with E-state index in [-0.39, 0.29) is 25.2 Å². The van der Waals surface area contributed by atoms with Crippen molar-refractivity contribution in [3.63, 3.8) is 0 Å². The number of benzene rings is 1. The number of fused-ring (bicyclic) bond motifs is 1. The average Bonchev–Trinajstić information content (AvgIpc) is 2.93. The maximum absolute atomic E-state index is 12.5.